The second kappa shape index (κ2) is 10.4. The van der Waals surface area contributed by atoms with Crippen molar-refractivity contribution in [3.8, 4) is 5.75 Å². The maximum Gasteiger partial charge on any atom is 0.321 e. The number of ether oxygens (including phenoxy) is 1. The zero-order valence-electron chi connectivity index (χ0n) is 19.6. The van der Waals surface area contributed by atoms with Crippen molar-refractivity contribution in [3.05, 3.63) is 60.2 Å². The van der Waals surface area contributed by atoms with Crippen molar-refractivity contribution in [1.82, 2.24) is 9.80 Å². The molecule has 0 aliphatic carbocycles. The summed E-state index contributed by atoms with van der Waals surface area (Å²) in [5.74, 6) is 1.55. The fourth-order valence-electron chi connectivity index (χ4n) is 4.87. The highest BCUT2D eigenvalue weighted by Crippen LogP contribution is 2.41. The van der Waals surface area contributed by atoms with E-state index in [0.29, 0.717) is 11.3 Å². The van der Waals surface area contributed by atoms with Crippen LogP contribution in [-0.4, -0.2) is 48.6 Å². The lowest BCUT2D eigenvalue weighted by atomic mass is 9.71. The summed E-state index contributed by atoms with van der Waals surface area (Å²) >= 11 is 0. The minimum absolute atomic E-state index is 0.0292. The molecule has 1 N–H and O–H groups in total. The molecule has 0 aromatic heterocycles. The predicted octanol–water partition coefficient (Wildman–Crippen LogP) is 5.63. The van der Waals surface area contributed by atoms with Crippen LogP contribution in [-0.2, 0) is 6.54 Å². The van der Waals surface area contributed by atoms with Crippen molar-refractivity contribution in [2.45, 2.75) is 46.1 Å². The first kappa shape index (κ1) is 22.7. The number of hydrogen-bond donors (Lipinski definition) is 1. The average Bonchev–Trinajstić information content (AvgIpc) is 2.81. The topological polar surface area (TPSA) is 44.8 Å². The van der Waals surface area contributed by atoms with Gasteiger partial charge in [0.05, 0.1) is 6.61 Å². The lowest BCUT2D eigenvalue weighted by molar-refractivity contribution is 0.0439. The summed E-state index contributed by atoms with van der Waals surface area (Å²) in [6, 6.07) is 18.2. The van der Waals surface area contributed by atoms with Gasteiger partial charge in [-0.15, -0.1) is 0 Å². The second-order valence-electron chi connectivity index (χ2n) is 9.87. The summed E-state index contributed by atoms with van der Waals surface area (Å²) in [6.07, 6.45) is 4.65. The first-order chi connectivity index (χ1) is 15.5. The molecule has 2 aliphatic rings. The van der Waals surface area contributed by atoms with Crippen LogP contribution in [0.2, 0.25) is 0 Å². The van der Waals surface area contributed by atoms with E-state index >= 15 is 0 Å². The highest BCUT2D eigenvalue weighted by Gasteiger charge is 2.38. The molecular formula is C27H37N3O2. The monoisotopic (exact) mass is 435 g/mol. The molecule has 2 heterocycles. The molecule has 0 bridgehead atoms. The van der Waals surface area contributed by atoms with E-state index in [1.165, 1.54) is 18.4 Å². The van der Waals surface area contributed by atoms with Gasteiger partial charge in [0.25, 0.3) is 0 Å². The number of carbonyl (C=O) groups excluding carboxylic acids is 1. The van der Waals surface area contributed by atoms with Crippen molar-refractivity contribution >= 4 is 11.7 Å². The quantitative estimate of drug-likeness (QED) is 0.639. The number of nitrogens with zero attached hydrogens (tertiary/aromatic N) is 2. The Morgan fingerprint density at radius 1 is 0.938 bits per heavy atom. The summed E-state index contributed by atoms with van der Waals surface area (Å²) in [4.78, 5) is 17.2. The first-order valence-electron chi connectivity index (χ1n) is 12.1. The first-order valence-corrected chi connectivity index (χ1v) is 12.1. The number of benzene rings is 2. The maximum absolute atomic E-state index is 12.6. The van der Waals surface area contributed by atoms with E-state index in [1.807, 2.05) is 35.2 Å². The number of piperidine rings is 2. The number of nitrogens with one attached hydrogen (secondary N) is 1. The number of carbonyl (C=O) groups is 1. The lowest BCUT2D eigenvalue weighted by Gasteiger charge is -2.47. The summed E-state index contributed by atoms with van der Waals surface area (Å²) in [5, 5.41) is 3.03. The number of anilines is 1. The largest absolute Gasteiger partial charge is 0.493 e. The molecule has 2 aliphatic heterocycles. The molecule has 5 heteroatoms. The van der Waals surface area contributed by atoms with E-state index < -0.39 is 0 Å². The molecular weight excluding hydrogens is 398 g/mol. The van der Waals surface area contributed by atoms with Crippen LogP contribution in [0, 0.1) is 11.3 Å². The van der Waals surface area contributed by atoms with E-state index in [-0.39, 0.29) is 6.03 Å². The summed E-state index contributed by atoms with van der Waals surface area (Å²) in [7, 11) is 0. The third-order valence-corrected chi connectivity index (χ3v) is 6.99. The normalized spacial score (nSPS) is 18.7. The smallest absolute Gasteiger partial charge is 0.321 e. The van der Waals surface area contributed by atoms with Crippen molar-refractivity contribution in [2.24, 2.45) is 11.3 Å². The number of urea groups is 1. The Kier molecular flexibility index (Phi) is 7.36. The zero-order chi connectivity index (χ0) is 22.4. The highest BCUT2D eigenvalue weighted by atomic mass is 16.5. The zero-order valence-corrected chi connectivity index (χ0v) is 19.6. The van der Waals surface area contributed by atoms with Gasteiger partial charge in [0, 0.05) is 30.9 Å². The Morgan fingerprint density at radius 3 is 2.25 bits per heavy atom. The van der Waals surface area contributed by atoms with E-state index in [4.69, 9.17) is 4.74 Å². The molecule has 1 spiro atoms. The van der Waals surface area contributed by atoms with Crippen LogP contribution in [0.25, 0.3) is 0 Å². The van der Waals surface area contributed by atoms with Gasteiger partial charge in [-0.1, -0.05) is 50.2 Å². The van der Waals surface area contributed by atoms with E-state index in [2.05, 4.69) is 48.3 Å². The Balaban J connectivity index is 1.25. The minimum Gasteiger partial charge on any atom is -0.493 e. The Labute approximate surface area is 192 Å². The second-order valence-corrected chi connectivity index (χ2v) is 9.87. The van der Waals surface area contributed by atoms with Gasteiger partial charge in [0.15, 0.2) is 0 Å². The molecule has 32 heavy (non-hydrogen) atoms. The van der Waals surface area contributed by atoms with Gasteiger partial charge < -0.3 is 15.0 Å². The Hall–Kier alpha value is -2.53. The van der Waals surface area contributed by atoms with E-state index in [0.717, 1.165) is 63.6 Å². The fourth-order valence-corrected chi connectivity index (χ4v) is 4.87. The molecule has 0 unspecified atom stereocenters. The van der Waals surface area contributed by atoms with Crippen molar-refractivity contribution < 1.29 is 9.53 Å². The molecule has 2 aromatic rings. The van der Waals surface area contributed by atoms with Crippen LogP contribution in [0.3, 0.4) is 0 Å². The van der Waals surface area contributed by atoms with Crippen molar-refractivity contribution in [2.75, 3.05) is 38.1 Å². The molecule has 2 saturated heterocycles. The Morgan fingerprint density at radius 2 is 1.56 bits per heavy atom. The molecule has 0 radical (unpaired) electrons. The molecule has 172 valence electrons. The number of para-hydroxylation sites is 2. The number of hydrogen-bond acceptors (Lipinski definition) is 3. The molecule has 4 rings (SSSR count). The van der Waals surface area contributed by atoms with Gasteiger partial charge in [0.2, 0.25) is 0 Å². The average molecular weight is 436 g/mol. The van der Waals surface area contributed by atoms with Gasteiger partial charge in [-0.3, -0.25) is 4.90 Å². The van der Waals surface area contributed by atoms with Crippen LogP contribution in [0.5, 0.6) is 5.75 Å². The molecule has 0 saturated carbocycles. The third-order valence-electron chi connectivity index (χ3n) is 6.99. The molecule has 5 nitrogen and oxygen atoms in total. The van der Waals surface area contributed by atoms with Crippen LogP contribution >= 0.6 is 0 Å². The van der Waals surface area contributed by atoms with Crippen LogP contribution < -0.4 is 10.1 Å². The summed E-state index contributed by atoms with van der Waals surface area (Å²) in [5.41, 5.74) is 2.55. The molecule has 2 fully saturated rings. The number of amides is 2. The Bertz CT molecular complexity index is 865. The SMILES string of the molecule is CC(C)COc1ccccc1CN1CCC2(CC1)CCN(C(=O)Nc1ccccc1)CC2. The summed E-state index contributed by atoms with van der Waals surface area (Å²) < 4.78 is 6.06. The van der Waals surface area contributed by atoms with Crippen LogP contribution in [0.4, 0.5) is 10.5 Å². The lowest BCUT2D eigenvalue weighted by Crippen LogP contribution is -2.49. The van der Waals surface area contributed by atoms with Crippen molar-refractivity contribution in [3.63, 3.8) is 0 Å². The molecule has 0 atom stereocenters. The van der Waals surface area contributed by atoms with Crippen LogP contribution in [0.1, 0.15) is 45.1 Å². The van der Waals surface area contributed by atoms with Gasteiger partial charge in [-0.05, 0) is 68.3 Å². The maximum atomic E-state index is 12.6. The van der Waals surface area contributed by atoms with Gasteiger partial charge in [-0.25, -0.2) is 4.79 Å². The number of likely N-dealkylation sites (tertiary alicyclic amines) is 2. The predicted molar refractivity (Wildman–Crippen MR) is 130 cm³/mol. The minimum atomic E-state index is 0.0292. The van der Waals surface area contributed by atoms with E-state index in [9.17, 15) is 4.79 Å². The van der Waals surface area contributed by atoms with Crippen molar-refractivity contribution in [1.29, 1.82) is 0 Å². The van der Waals surface area contributed by atoms with Gasteiger partial charge in [0.1, 0.15) is 5.75 Å². The molecule has 2 aromatic carbocycles. The van der Waals surface area contributed by atoms with Gasteiger partial charge >= 0.3 is 6.03 Å². The van der Waals surface area contributed by atoms with Crippen LogP contribution in [0.15, 0.2) is 54.6 Å². The molecule has 2 amide bonds. The fraction of sp³-hybridized carbons (Fsp3) is 0.519. The highest BCUT2D eigenvalue weighted by molar-refractivity contribution is 5.89. The summed E-state index contributed by atoms with van der Waals surface area (Å²) in [6.45, 7) is 10.0. The van der Waals surface area contributed by atoms with Gasteiger partial charge in [-0.2, -0.15) is 0 Å². The van der Waals surface area contributed by atoms with E-state index in [1.54, 1.807) is 0 Å². The standard InChI is InChI=1S/C27H37N3O2/c1-22(2)21-32-25-11-7-6-8-23(25)20-29-16-12-27(13-17-29)14-18-30(19-15-27)26(31)28-24-9-4-3-5-10-24/h3-11,22H,12-21H2,1-2H3,(H,28,31). The number of rotatable bonds is 6. The third kappa shape index (κ3) is 5.83.